The van der Waals surface area contributed by atoms with Crippen LogP contribution in [0.5, 0.6) is 11.5 Å². The zero-order chi connectivity index (χ0) is 26.7. The SMILES string of the molecule is COCCCOc1cc(CC(CC(N)C(O)CC(C(=O)NC2CNC2)C(C)C)C(C)C)ccc1OC.Cl.Cl. The van der Waals surface area contributed by atoms with Gasteiger partial charge in [-0.3, -0.25) is 4.79 Å². The zero-order valence-electron chi connectivity index (χ0n) is 23.9. The third kappa shape index (κ3) is 11.8. The van der Waals surface area contributed by atoms with Gasteiger partial charge in [-0.1, -0.05) is 33.8 Å². The van der Waals surface area contributed by atoms with E-state index in [0.29, 0.717) is 37.7 Å². The van der Waals surface area contributed by atoms with Gasteiger partial charge in [0.2, 0.25) is 5.91 Å². The number of nitrogens with one attached hydrogen (secondary N) is 2. The zero-order valence-corrected chi connectivity index (χ0v) is 25.5. The molecule has 1 aliphatic rings. The Hall–Kier alpha value is -1.29. The summed E-state index contributed by atoms with van der Waals surface area (Å²) in [5.74, 6) is 1.97. The Kier molecular flexibility index (Phi) is 18.3. The molecule has 1 aromatic rings. The lowest BCUT2D eigenvalue weighted by Crippen LogP contribution is -2.58. The third-order valence-electron chi connectivity index (χ3n) is 7.25. The van der Waals surface area contributed by atoms with E-state index in [1.165, 1.54) is 0 Å². The molecule has 0 saturated carbocycles. The van der Waals surface area contributed by atoms with Crippen LogP contribution in [0.2, 0.25) is 0 Å². The minimum atomic E-state index is -0.737. The summed E-state index contributed by atoms with van der Waals surface area (Å²) in [6.07, 6.45) is 1.93. The summed E-state index contributed by atoms with van der Waals surface area (Å²) in [7, 11) is 3.32. The van der Waals surface area contributed by atoms with Gasteiger partial charge in [-0.25, -0.2) is 0 Å². The van der Waals surface area contributed by atoms with Crippen LogP contribution in [0.25, 0.3) is 0 Å². The maximum atomic E-state index is 12.8. The summed E-state index contributed by atoms with van der Waals surface area (Å²) >= 11 is 0. The van der Waals surface area contributed by atoms with Crippen LogP contribution < -0.4 is 25.8 Å². The van der Waals surface area contributed by atoms with E-state index < -0.39 is 12.1 Å². The molecule has 8 nitrogen and oxygen atoms in total. The summed E-state index contributed by atoms with van der Waals surface area (Å²) in [6.45, 7) is 11.2. The Bertz CT molecular complexity index is 796. The lowest BCUT2D eigenvalue weighted by molar-refractivity contribution is -0.128. The minimum absolute atomic E-state index is 0. The van der Waals surface area contributed by atoms with Crippen molar-refractivity contribution in [1.29, 1.82) is 0 Å². The molecule has 5 N–H and O–H groups in total. The number of hydrogen-bond donors (Lipinski definition) is 4. The average molecular weight is 581 g/mol. The molecule has 4 unspecified atom stereocenters. The lowest BCUT2D eigenvalue weighted by Gasteiger charge is -2.33. The van der Waals surface area contributed by atoms with Crippen molar-refractivity contribution in [2.45, 2.75) is 71.6 Å². The van der Waals surface area contributed by atoms with Gasteiger partial charge < -0.3 is 35.7 Å². The number of benzene rings is 1. The van der Waals surface area contributed by atoms with Crippen molar-refractivity contribution in [3.63, 3.8) is 0 Å². The largest absolute Gasteiger partial charge is 0.493 e. The predicted molar refractivity (Wildman–Crippen MR) is 158 cm³/mol. The van der Waals surface area contributed by atoms with Crippen molar-refractivity contribution in [3.8, 4) is 11.5 Å². The Labute approximate surface area is 241 Å². The van der Waals surface area contributed by atoms with Gasteiger partial charge in [-0.15, -0.1) is 24.8 Å². The normalized spacial score (nSPS) is 16.5. The Balaban J connectivity index is 0.00000684. The van der Waals surface area contributed by atoms with Crippen molar-refractivity contribution < 1.29 is 24.1 Å². The number of rotatable bonds is 17. The van der Waals surface area contributed by atoms with Crippen LogP contribution in [-0.2, 0) is 16.0 Å². The first-order valence-corrected chi connectivity index (χ1v) is 13.4. The van der Waals surface area contributed by atoms with E-state index in [9.17, 15) is 9.90 Å². The van der Waals surface area contributed by atoms with Crippen molar-refractivity contribution in [1.82, 2.24) is 10.6 Å². The molecule has 0 aliphatic carbocycles. The summed E-state index contributed by atoms with van der Waals surface area (Å²) in [5.41, 5.74) is 7.66. The minimum Gasteiger partial charge on any atom is -0.493 e. The summed E-state index contributed by atoms with van der Waals surface area (Å²) < 4.78 is 16.5. The molecule has 10 heteroatoms. The number of nitrogens with two attached hydrogens (primary N) is 1. The molecule has 38 heavy (non-hydrogen) atoms. The van der Waals surface area contributed by atoms with Crippen LogP contribution in [0.1, 0.15) is 52.5 Å². The molecule has 1 aromatic carbocycles. The van der Waals surface area contributed by atoms with Crippen molar-refractivity contribution >= 4 is 30.7 Å². The van der Waals surface area contributed by atoms with Crippen molar-refractivity contribution in [2.24, 2.45) is 29.4 Å². The number of ether oxygens (including phenoxy) is 3. The second kappa shape index (κ2) is 18.9. The molecule has 0 aromatic heterocycles. The fraction of sp³-hybridized carbons (Fsp3) is 0.750. The molecule has 0 radical (unpaired) electrons. The van der Waals surface area contributed by atoms with Crippen LogP contribution in [0.4, 0.5) is 0 Å². The number of aliphatic hydroxyl groups excluding tert-OH is 1. The highest BCUT2D eigenvalue weighted by Crippen LogP contribution is 2.31. The quantitative estimate of drug-likeness (QED) is 0.208. The summed E-state index contributed by atoms with van der Waals surface area (Å²) in [4.78, 5) is 12.8. The first-order chi connectivity index (χ1) is 17.2. The van der Waals surface area contributed by atoms with Crippen LogP contribution in [0.3, 0.4) is 0 Å². The average Bonchev–Trinajstić information content (AvgIpc) is 2.81. The highest BCUT2D eigenvalue weighted by Gasteiger charge is 2.31. The van der Waals surface area contributed by atoms with E-state index in [0.717, 1.165) is 37.2 Å². The van der Waals surface area contributed by atoms with Gasteiger partial charge in [0.15, 0.2) is 11.5 Å². The monoisotopic (exact) mass is 579 g/mol. The van der Waals surface area contributed by atoms with Crippen LogP contribution >= 0.6 is 24.8 Å². The third-order valence-corrected chi connectivity index (χ3v) is 7.25. The molecular formula is C28H51Cl2N3O5. The molecule has 2 rings (SSSR count). The summed E-state index contributed by atoms with van der Waals surface area (Å²) in [6, 6.07) is 5.83. The van der Waals surface area contributed by atoms with E-state index >= 15 is 0 Å². The van der Waals surface area contributed by atoms with Gasteiger partial charge in [0.05, 0.1) is 25.9 Å². The van der Waals surface area contributed by atoms with Gasteiger partial charge in [-0.2, -0.15) is 0 Å². The van der Waals surface area contributed by atoms with E-state index in [1.54, 1.807) is 14.2 Å². The number of methoxy groups -OCH3 is 2. The molecule has 0 spiro atoms. The highest BCUT2D eigenvalue weighted by molar-refractivity contribution is 5.85. The predicted octanol–water partition coefficient (Wildman–Crippen LogP) is 3.60. The van der Waals surface area contributed by atoms with E-state index in [4.69, 9.17) is 19.9 Å². The second-order valence-corrected chi connectivity index (χ2v) is 10.8. The molecule has 4 atom stereocenters. The fourth-order valence-corrected chi connectivity index (χ4v) is 4.56. The molecule has 1 aliphatic heterocycles. The molecule has 0 bridgehead atoms. The van der Waals surface area contributed by atoms with Crippen molar-refractivity contribution in [2.75, 3.05) is 40.5 Å². The highest BCUT2D eigenvalue weighted by atomic mass is 35.5. The first kappa shape index (κ1) is 36.7. The van der Waals surface area contributed by atoms with E-state index in [2.05, 4.69) is 30.5 Å². The van der Waals surface area contributed by atoms with E-state index in [1.807, 2.05) is 26.0 Å². The van der Waals surface area contributed by atoms with Gasteiger partial charge in [0, 0.05) is 45.2 Å². The number of amides is 1. The van der Waals surface area contributed by atoms with Gasteiger partial charge >= 0.3 is 0 Å². The van der Waals surface area contributed by atoms with Crippen LogP contribution in [0, 0.1) is 23.7 Å². The van der Waals surface area contributed by atoms with Crippen LogP contribution in [0.15, 0.2) is 18.2 Å². The molecule has 1 saturated heterocycles. The van der Waals surface area contributed by atoms with Gasteiger partial charge in [0.1, 0.15) is 0 Å². The number of hydrogen-bond acceptors (Lipinski definition) is 7. The number of carbonyl (C=O) groups is 1. The molecular weight excluding hydrogens is 529 g/mol. The molecule has 1 heterocycles. The van der Waals surface area contributed by atoms with E-state index in [-0.39, 0.29) is 54.5 Å². The maximum absolute atomic E-state index is 12.8. The summed E-state index contributed by atoms with van der Waals surface area (Å²) in [5, 5.41) is 17.2. The fourth-order valence-electron chi connectivity index (χ4n) is 4.56. The van der Waals surface area contributed by atoms with Crippen LogP contribution in [-0.4, -0.2) is 69.7 Å². The van der Waals surface area contributed by atoms with Gasteiger partial charge in [-0.05, 0) is 54.7 Å². The number of aliphatic hydroxyl groups is 1. The number of halogens is 2. The number of carbonyl (C=O) groups excluding carboxylic acids is 1. The Morgan fingerprint density at radius 3 is 2.29 bits per heavy atom. The second-order valence-electron chi connectivity index (χ2n) is 10.8. The lowest BCUT2D eigenvalue weighted by atomic mass is 9.80. The van der Waals surface area contributed by atoms with Crippen molar-refractivity contribution in [3.05, 3.63) is 23.8 Å². The molecule has 1 fully saturated rings. The maximum Gasteiger partial charge on any atom is 0.223 e. The first-order valence-electron chi connectivity index (χ1n) is 13.4. The standard InChI is InChI=1S/C28H49N3O5.2ClH/c1-18(2)21(12-20-8-9-26(35-6)27(13-20)36-11-7-10-34-5)14-24(29)25(32)15-23(19(3)4)28(33)31-22-16-30-17-22;;/h8-9,13,18-19,21-25,30,32H,7,10-12,14-17,29H2,1-6H3,(H,31,33);2*1H. The molecule has 1 amide bonds. The Morgan fingerprint density at radius 2 is 1.76 bits per heavy atom. The molecule has 222 valence electrons. The topological polar surface area (TPSA) is 115 Å². The van der Waals surface area contributed by atoms with Gasteiger partial charge in [0.25, 0.3) is 0 Å². The smallest absolute Gasteiger partial charge is 0.223 e. The Morgan fingerprint density at radius 1 is 1.08 bits per heavy atom.